The van der Waals surface area contributed by atoms with E-state index >= 15 is 0 Å². The van der Waals surface area contributed by atoms with Gasteiger partial charge in [-0.05, 0) is 38.1 Å². The van der Waals surface area contributed by atoms with Crippen molar-refractivity contribution in [1.29, 1.82) is 0 Å². The molecule has 0 aromatic heterocycles. The van der Waals surface area contributed by atoms with Crippen molar-refractivity contribution < 1.29 is 4.79 Å². The summed E-state index contributed by atoms with van der Waals surface area (Å²) in [7, 11) is 1.95. The summed E-state index contributed by atoms with van der Waals surface area (Å²) in [6.07, 6.45) is 8.00. The maximum atomic E-state index is 12.2. The standard InChI is InChI=1S/C14H28N2O/c1-3-4-5-9-16(2)14(17)13-8-6-7-12(10-13)11-15/h12-13H,3-11,15H2,1-2H3. The molecule has 0 radical (unpaired) electrons. The number of nitrogens with zero attached hydrogens (tertiary/aromatic N) is 1. The lowest BCUT2D eigenvalue weighted by atomic mass is 9.81. The third-order valence-corrected chi connectivity index (χ3v) is 3.94. The third-order valence-electron chi connectivity index (χ3n) is 3.94. The molecule has 100 valence electrons. The highest BCUT2D eigenvalue weighted by molar-refractivity contribution is 5.78. The van der Waals surface area contributed by atoms with Gasteiger partial charge in [0.25, 0.3) is 0 Å². The Hall–Kier alpha value is -0.570. The normalized spacial score (nSPS) is 24.6. The molecule has 0 aromatic rings. The van der Waals surface area contributed by atoms with Crippen LogP contribution >= 0.6 is 0 Å². The van der Waals surface area contributed by atoms with Crippen molar-refractivity contribution in [3.63, 3.8) is 0 Å². The summed E-state index contributed by atoms with van der Waals surface area (Å²) in [6, 6.07) is 0. The molecule has 1 saturated carbocycles. The van der Waals surface area contributed by atoms with Crippen LogP contribution in [-0.2, 0) is 4.79 Å². The number of hydrogen-bond donors (Lipinski definition) is 1. The van der Waals surface area contributed by atoms with Gasteiger partial charge in [0.1, 0.15) is 0 Å². The molecule has 0 bridgehead atoms. The molecule has 3 nitrogen and oxygen atoms in total. The van der Waals surface area contributed by atoms with Crippen LogP contribution in [0.25, 0.3) is 0 Å². The quantitative estimate of drug-likeness (QED) is 0.725. The fourth-order valence-corrected chi connectivity index (χ4v) is 2.75. The molecule has 1 amide bonds. The van der Waals surface area contributed by atoms with Crippen LogP contribution in [0.4, 0.5) is 0 Å². The second-order valence-electron chi connectivity index (χ2n) is 5.43. The molecule has 17 heavy (non-hydrogen) atoms. The number of rotatable bonds is 6. The SMILES string of the molecule is CCCCCN(C)C(=O)C1CCCC(CN)C1. The second kappa shape index (κ2) is 7.70. The van der Waals surface area contributed by atoms with Gasteiger partial charge in [-0.2, -0.15) is 0 Å². The number of amides is 1. The Kier molecular flexibility index (Phi) is 6.56. The van der Waals surface area contributed by atoms with Gasteiger partial charge in [0.15, 0.2) is 0 Å². The van der Waals surface area contributed by atoms with Gasteiger partial charge in [-0.3, -0.25) is 4.79 Å². The highest BCUT2D eigenvalue weighted by Gasteiger charge is 2.28. The molecule has 2 unspecified atom stereocenters. The van der Waals surface area contributed by atoms with Crippen LogP contribution in [0, 0.1) is 11.8 Å². The molecule has 2 atom stereocenters. The lowest BCUT2D eigenvalue weighted by Gasteiger charge is -2.30. The molecule has 0 heterocycles. The van der Waals surface area contributed by atoms with Crippen LogP contribution in [0.5, 0.6) is 0 Å². The minimum Gasteiger partial charge on any atom is -0.346 e. The fraction of sp³-hybridized carbons (Fsp3) is 0.929. The molecule has 1 fully saturated rings. The van der Waals surface area contributed by atoms with Crippen LogP contribution in [0.15, 0.2) is 0 Å². The Balaban J connectivity index is 2.34. The first-order valence-electron chi connectivity index (χ1n) is 7.14. The molecular formula is C14H28N2O. The molecular weight excluding hydrogens is 212 g/mol. The number of unbranched alkanes of at least 4 members (excludes halogenated alkanes) is 2. The zero-order valence-electron chi connectivity index (χ0n) is 11.5. The van der Waals surface area contributed by atoms with E-state index in [-0.39, 0.29) is 5.92 Å². The summed E-state index contributed by atoms with van der Waals surface area (Å²) >= 11 is 0. The van der Waals surface area contributed by atoms with Crippen LogP contribution in [-0.4, -0.2) is 30.9 Å². The minimum atomic E-state index is 0.240. The van der Waals surface area contributed by atoms with Gasteiger partial charge in [-0.15, -0.1) is 0 Å². The summed E-state index contributed by atoms with van der Waals surface area (Å²) < 4.78 is 0. The Morgan fingerprint density at radius 3 is 2.76 bits per heavy atom. The Bertz CT molecular complexity index is 230. The van der Waals surface area contributed by atoms with Gasteiger partial charge in [0.05, 0.1) is 0 Å². The highest BCUT2D eigenvalue weighted by atomic mass is 16.2. The summed E-state index contributed by atoms with van der Waals surface area (Å²) in [5.74, 6) is 1.16. The van der Waals surface area contributed by atoms with Crippen molar-refractivity contribution in [1.82, 2.24) is 4.90 Å². The number of carbonyl (C=O) groups excluding carboxylic acids is 1. The smallest absolute Gasteiger partial charge is 0.225 e. The van der Waals surface area contributed by atoms with Crippen LogP contribution in [0.3, 0.4) is 0 Å². The molecule has 1 rings (SSSR count). The first kappa shape index (κ1) is 14.5. The number of carbonyl (C=O) groups is 1. The van der Waals surface area contributed by atoms with Crippen molar-refractivity contribution in [2.45, 2.75) is 51.9 Å². The van der Waals surface area contributed by atoms with Crippen molar-refractivity contribution in [3.05, 3.63) is 0 Å². The number of nitrogens with two attached hydrogens (primary N) is 1. The van der Waals surface area contributed by atoms with E-state index < -0.39 is 0 Å². The topological polar surface area (TPSA) is 46.3 Å². The maximum absolute atomic E-state index is 12.2. The fourth-order valence-electron chi connectivity index (χ4n) is 2.75. The van der Waals surface area contributed by atoms with Crippen molar-refractivity contribution in [2.24, 2.45) is 17.6 Å². The van der Waals surface area contributed by atoms with Gasteiger partial charge in [-0.1, -0.05) is 26.2 Å². The molecule has 3 heteroatoms. The molecule has 0 saturated heterocycles. The van der Waals surface area contributed by atoms with Gasteiger partial charge >= 0.3 is 0 Å². The van der Waals surface area contributed by atoms with E-state index in [0.29, 0.717) is 11.8 Å². The second-order valence-corrected chi connectivity index (χ2v) is 5.43. The summed E-state index contributed by atoms with van der Waals surface area (Å²) in [6.45, 7) is 3.84. The van der Waals surface area contributed by atoms with E-state index in [0.717, 1.165) is 32.4 Å². The van der Waals surface area contributed by atoms with E-state index in [1.165, 1.54) is 25.7 Å². The third kappa shape index (κ3) is 4.66. The van der Waals surface area contributed by atoms with Crippen LogP contribution in [0.2, 0.25) is 0 Å². The van der Waals surface area contributed by atoms with Crippen molar-refractivity contribution in [3.8, 4) is 0 Å². The monoisotopic (exact) mass is 240 g/mol. The van der Waals surface area contributed by atoms with Gasteiger partial charge in [-0.25, -0.2) is 0 Å². The zero-order chi connectivity index (χ0) is 12.7. The Morgan fingerprint density at radius 2 is 2.12 bits per heavy atom. The average molecular weight is 240 g/mol. The first-order valence-corrected chi connectivity index (χ1v) is 7.14. The zero-order valence-corrected chi connectivity index (χ0v) is 11.5. The van der Waals surface area contributed by atoms with Crippen LogP contribution in [0.1, 0.15) is 51.9 Å². The van der Waals surface area contributed by atoms with E-state index in [1.54, 1.807) is 0 Å². The average Bonchev–Trinajstić information content (AvgIpc) is 2.38. The van der Waals surface area contributed by atoms with E-state index in [4.69, 9.17) is 5.73 Å². The predicted octanol–water partition coefficient (Wildman–Crippen LogP) is 2.40. The van der Waals surface area contributed by atoms with Crippen molar-refractivity contribution >= 4 is 5.91 Å². The maximum Gasteiger partial charge on any atom is 0.225 e. The van der Waals surface area contributed by atoms with E-state index in [2.05, 4.69) is 6.92 Å². The molecule has 0 aromatic carbocycles. The molecule has 2 N–H and O–H groups in total. The molecule has 0 aliphatic heterocycles. The lowest BCUT2D eigenvalue weighted by Crippen LogP contribution is -2.37. The summed E-state index contributed by atoms with van der Waals surface area (Å²) in [5.41, 5.74) is 5.72. The van der Waals surface area contributed by atoms with E-state index in [9.17, 15) is 4.79 Å². The van der Waals surface area contributed by atoms with Gasteiger partial charge in [0.2, 0.25) is 5.91 Å². The molecule has 0 spiro atoms. The van der Waals surface area contributed by atoms with Crippen LogP contribution < -0.4 is 5.73 Å². The Morgan fingerprint density at radius 1 is 1.35 bits per heavy atom. The lowest BCUT2D eigenvalue weighted by molar-refractivity contribution is -0.135. The molecule has 1 aliphatic rings. The largest absolute Gasteiger partial charge is 0.346 e. The summed E-state index contributed by atoms with van der Waals surface area (Å²) in [4.78, 5) is 14.2. The summed E-state index contributed by atoms with van der Waals surface area (Å²) in [5, 5.41) is 0. The van der Waals surface area contributed by atoms with Gasteiger partial charge in [0, 0.05) is 19.5 Å². The number of hydrogen-bond acceptors (Lipinski definition) is 2. The molecule has 1 aliphatic carbocycles. The Labute approximate surface area is 106 Å². The van der Waals surface area contributed by atoms with Gasteiger partial charge < -0.3 is 10.6 Å². The first-order chi connectivity index (χ1) is 8.19. The predicted molar refractivity (Wildman–Crippen MR) is 71.7 cm³/mol. The minimum absolute atomic E-state index is 0.240. The van der Waals surface area contributed by atoms with E-state index in [1.807, 2.05) is 11.9 Å². The van der Waals surface area contributed by atoms with Crippen molar-refractivity contribution in [2.75, 3.05) is 20.1 Å². The highest BCUT2D eigenvalue weighted by Crippen LogP contribution is 2.29.